The zero-order valence-electron chi connectivity index (χ0n) is 10.3. The first-order valence-corrected chi connectivity index (χ1v) is 6.04. The average molecular weight is 238 g/mol. The molecule has 1 aromatic carbocycles. The van der Waals surface area contributed by atoms with E-state index in [1.54, 1.807) is 6.20 Å². The van der Waals surface area contributed by atoms with Crippen LogP contribution in [0.15, 0.2) is 47.7 Å². The minimum atomic E-state index is 0.677. The van der Waals surface area contributed by atoms with Crippen molar-refractivity contribution in [2.75, 3.05) is 13.2 Å². The molecule has 0 saturated heterocycles. The highest BCUT2D eigenvalue weighted by Gasteiger charge is 2.17. The molecule has 3 nitrogen and oxygen atoms in total. The predicted molar refractivity (Wildman–Crippen MR) is 71.8 cm³/mol. The number of hydrogen-bond donors (Lipinski definition) is 0. The fraction of sp³-hybridized carbons (Fsp3) is 0.200. The van der Waals surface area contributed by atoms with E-state index < -0.39 is 0 Å². The first-order valence-electron chi connectivity index (χ1n) is 6.04. The highest BCUT2D eigenvalue weighted by atomic mass is 16.5. The zero-order valence-corrected chi connectivity index (χ0v) is 10.3. The summed E-state index contributed by atoms with van der Waals surface area (Å²) >= 11 is 0. The maximum absolute atomic E-state index is 5.61. The number of benzene rings is 1. The van der Waals surface area contributed by atoms with Gasteiger partial charge in [0.2, 0.25) is 5.90 Å². The molecule has 0 spiro atoms. The van der Waals surface area contributed by atoms with Crippen LogP contribution in [0.25, 0.3) is 11.1 Å². The normalized spacial score (nSPS) is 14.2. The highest BCUT2D eigenvalue weighted by Crippen LogP contribution is 2.27. The summed E-state index contributed by atoms with van der Waals surface area (Å²) in [4.78, 5) is 8.60. The van der Waals surface area contributed by atoms with Crippen molar-refractivity contribution >= 4 is 5.90 Å². The summed E-state index contributed by atoms with van der Waals surface area (Å²) in [7, 11) is 0. The Kier molecular flexibility index (Phi) is 2.81. The van der Waals surface area contributed by atoms with E-state index >= 15 is 0 Å². The van der Waals surface area contributed by atoms with Crippen molar-refractivity contribution in [1.82, 2.24) is 4.98 Å². The molecule has 0 aliphatic carbocycles. The molecule has 0 fully saturated rings. The Bertz CT molecular complexity index is 591. The van der Waals surface area contributed by atoms with Gasteiger partial charge in [-0.1, -0.05) is 24.3 Å². The molecular formula is C15H14N2O. The predicted octanol–water partition coefficient (Wildman–Crippen LogP) is 2.83. The van der Waals surface area contributed by atoms with E-state index in [1.165, 1.54) is 5.56 Å². The second kappa shape index (κ2) is 4.61. The van der Waals surface area contributed by atoms with E-state index in [2.05, 4.69) is 41.2 Å². The minimum Gasteiger partial charge on any atom is -0.475 e. The van der Waals surface area contributed by atoms with Crippen molar-refractivity contribution in [3.8, 4) is 11.1 Å². The van der Waals surface area contributed by atoms with Gasteiger partial charge in [0.25, 0.3) is 0 Å². The van der Waals surface area contributed by atoms with Gasteiger partial charge in [-0.3, -0.25) is 4.98 Å². The summed E-state index contributed by atoms with van der Waals surface area (Å²) in [6.07, 6.45) is 3.65. The summed E-state index contributed by atoms with van der Waals surface area (Å²) in [6, 6.07) is 10.2. The molecule has 1 aromatic heterocycles. The summed E-state index contributed by atoms with van der Waals surface area (Å²) in [5.41, 5.74) is 4.48. The molecule has 1 aliphatic heterocycles. The molecular weight excluding hydrogens is 224 g/mol. The molecule has 90 valence electrons. The Balaban J connectivity index is 2.18. The van der Waals surface area contributed by atoms with Gasteiger partial charge in [0, 0.05) is 23.5 Å². The lowest BCUT2D eigenvalue weighted by Gasteiger charge is -2.12. The highest BCUT2D eigenvalue weighted by molar-refractivity contribution is 6.02. The zero-order chi connectivity index (χ0) is 12.4. The number of pyridine rings is 1. The van der Waals surface area contributed by atoms with E-state index in [-0.39, 0.29) is 0 Å². The van der Waals surface area contributed by atoms with Gasteiger partial charge in [0.1, 0.15) is 6.61 Å². The van der Waals surface area contributed by atoms with E-state index in [1.807, 2.05) is 12.3 Å². The van der Waals surface area contributed by atoms with Gasteiger partial charge in [0.05, 0.1) is 6.54 Å². The molecule has 0 saturated carbocycles. The van der Waals surface area contributed by atoms with Crippen LogP contribution in [0.5, 0.6) is 0 Å². The molecule has 0 unspecified atom stereocenters. The monoisotopic (exact) mass is 238 g/mol. The van der Waals surface area contributed by atoms with Gasteiger partial charge >= 0.3 is 0 Å². The number of nitrogens with zero attached hydrogens (tertiary/aromatic N) is 2. The molecule has 3 heteroatoms. The van der Waals surface area contributed by atoms with Gasteiger partial charge in [-0.2, -0.15) is 0 Å². The number of aryl methyl sites for hydroxylation is 1. The van der Waals surface area contributed by atoms with Crippen molar-refractivity contribution in [2.24, 2.45) is 4.99 Å². The third kappa shape index (κ3) is 1.88. The number of hydrogen-bond acceptors (Lipinski definition) is 3. The summed E-state index contributed by atoms with van der Waals surface area (Å²) in [6.45, 7) is 3.51. The average Bonchev–Trinajstić information content (AvgIpc) is 2.93. The first-order chi connectivity index (χ1) is 8.86. The van der Waals surface area contributed by atoms with Crippen LogP contribution in [-0.4, -0.2) is 24.0 Å². The molecule has 2 heterocycles. The Hall–Kier alpha value is -2.16. The van der Waals surface area contributed by atoms with Crippen LogP contribution in [0.3, 0.4) is 0 Å². The second-order valence-electron chi connectivity index (χ2n) is 4.27. The van der Waals surface area contributed by atoms with Crippen molar-refractivity contribution in [1.29, 1.82) is 0 Å². The van der Waals surface area contributed by atoms with Crippen LogP contribution in [0.1, 0.15) is 11.1 Å². The Morgan fingerprint density at radius 2 is 2.11 bits per heavy atom. The van der Waals surface area contributed by atoms with Gasteiger partial charge in [0.15, 0.2) is 0 Å². The van der Waals surface area contributed by atoms with E-state index in [0.717, 1.165) is 29.1 Å². The maximum Gasteiger partial charge on any atom is 0.217 e. The van der Waals surface area contributed by atoms with Crippen LogP contribution < -0.4 is 0 Å². The molecule has 0 radical (unpaired) electrons. The van der Waals surface area contributed by atoms with Crippen molar-refractivity contribution in [3.05, 3.63) is 53.9 Å². The van der Waals surface area contributed by atoms with Crippen LogP contribution in [0, 0.1) is 6.92 Å². The van der Waals surface area contributed by atoms with E-state index in [9.17, 15) is 0 Å². The molecule has 0 N–H and O–H groups in total. The Morgan fingerprint density at radius 3 is 2.83 bits per heavy atom. The number of ether oxygens (including phenoxy) is 1. The number of aliphatic imine (C=N–C) groups is 1. The molecule has 3 rings (SSSR count). The summed E-state index contributed by atoms with van der Waals surface area (Å²) < 4.78 is 5.61. The summed E-state index contributed by atoms with van der Waals surface area (Å²) in [5.74, 6) is 0.756. The fourth-order valence-corrected chi connectivity index (χ4v) is 2.20. The molecule has 0 bridgehead atoms. The summed E-state index contributed by atoms with van der Waals surface area (Å²) in [5, 5.41) is 0. The molecule has 0 amide bonds. The van der Waals surface area contributed by atoms with E-state index in [4.69, 9.17) is 4.74 Å². The maximum atomic E-state index is 5.61. The lowest BCUT2D eigenvalue weighted by Crippen LogP contribution is -2.06. The van der Waals surface area contributed by atoms with Crippen LogP contribution in [0.4, 0.5) is 0 Å². The molecule has 18 heavy (non-hydrogen) atoms. The topological polar surface area (TPSA) is 34.5 Å². The number of aromatic nitrogens is 1. The largest absolute Gasteiger partial charge is 0.475 e. The SMILES string of the molecule is Cc1cccc(-c2cccnc2)c1C1=NCCO1. The van der Waals surface area contributed by atoms with Crippen LogP contribution >= 0.6 is 0 Å². The third-order valence-corrected chi connectivity index (χ3v) is 3.04. The standard InChI is InChI=1S/C15H14N2O/c1-11-4-2-6-13(12-5-3-7-16-10-12)14(11)15-17-8-9-18-15/h2-7,10H,8-9H2,1H3. The smallest absolute Gasteiger partial charge is 0.217 e. The molecule has 1 aliphatic rings. The van der Waals surface area contributed by atoms with E-state index in [0.29, 0.717) is 6.61 Å². The van der Waals surface area contributed by atoms with Gasteiger partial charge in [-0.05, 0) is 24.1 Å². The first kappa shape index (κ1) is 11.0. The van der Waals surface area contributed by atoms with Crippen LogP contribution in [-0.2, 0) is 4.74 Å². The lowest BCUT2D eigenvalue weighted by molar-refractivity contribution is 0.348. The quantitative estimate of drug-likeness (QED) is 0.806. The molecule has 2 aromatic rings. The second-order valence-corrected chi connectivity index (χ2v) is 4.27. The lowest BCUT2D eigenvalue weighted by atomic mass is 9.97. The Morgan fingerprint density at radius 1 is 1.17 bits per heavy atom. The van der Waals surface area contributed by atoms with Gasteiger partial charge in [-0.25, -0.2) is 4.99 Å². The van der Waals surface area contributed by atoms with Gasteiger partial charge < -0.3 is 4.74 Å². The third-order valence-electron chi connectivity index (χ3n) is 3.04. The Labute approximate surface area is 106 Å². The fourth-order valence-electron chi connectivity index (χ4n) is 2.20. The van der Waals surface area contributed by atoms with Crippen molar-refractivity contribution < 1.29 is 4.74 Å². The minimum absolute atomic E-state index is 0.677. The number of rotatable bonds is 2. The van der Waals surface area contributed by atoms with Crippen molar-refractivity contribution in [2.45, 2.75) is 6.92 Å². The van der Waals surface area contributed by atoms with Crippen LogP contribution in [0.2, 0.25) is 0 Å². The van der Waals surface area contributed by atoms with Gasteiger partial charge in [-0.15, -0.1) is 0 Å². The van der Waals surface area contributed by atoms with Crippen molar-refractivity contribution in [3.63, 3.8) is 0 Å². The molecule has 0 atom stereocenters.